The minimum absolute atomic E-state index is 0.303. The molecule has 0 saturated carbocycles. The molecule has 1 aromatic rings. The Balaban J connectivity index is 2.60. The van der Waals surface area contributed by atoms with Crippen molar-refractivity contribution in [2.45, 2.75) is 6.42 Å². The molecule has 0 amide bonds. The van der Waals surface area contributed by atoms with E-state index >= 15 is 0 Å². The minimum atomic E-state index is -0.582. The molecule has 0 aliphatic heterocycles. The van der Waals surface area contributed by atoms with Crippen molar-refractivity contribution in [1.82, 2.24) is 0 Å². The summed E-state index contributed by atoms with van der Waals surface area (Å²) >= 11 is 0. The van der Waals surface area contributed by atoms with Gasteiger partial charge in [0.2, 0.25) is 0 Å². The lowest BCUT2D eigenvalue weighted by Crippen LogP contribution is -1.94. The van der Waals surface area contributed by atoms with E-state index in [1.165, 1.54) is 19.2 Å². The van der Waals surface area contributed by atoms with E-state index in [2.05, 4.69) is 16.6 Å². The highest BCUT2D eigenvalue weighted by molar-refractivity contribution is 5.88. The van der Waals surface area contributed by atoms with Crippen molar-refractivity contribution in [1.29, 1.82) is 0 Å². The Kier molecular flexibility index (Phi) is 3.69. The van der Waals surface area contributed by atoms with E-state index in [-0.39, 0.29) is 5.82 Å². The zero-order chi connectivity index (χ0) is 10.4. The number of carbonyl (C=O) groups excluding carboxylic acids is 1. The van der Waals surface area contributed by atoms with E-state index in [4.69, 9.17) is 0 Å². The van der Waals surface area contributed by atoms with Crippen LogP contribution in [-0.4, -0.2) is 13.1 Å². The second kappa shape index (κ2) is 5.03. The first-order valence-corrected chi connectivity index (χ1v) is 4.03. The molecule has 2 nitrogen and oxygen atoms in total. The molecule has 0 bridgehead atoms. The van der Waals surface area contributed by atoms with Crippen LogP contribution in [0.4, 0.5) is 4.39 Å². The third-order valence-electron chi connectivity index (χ3n) is 1.56. The standard InChI is InChI=1S/C11H9FO2/c1-14-11(13)7-3-5-9-4-2-6-10(12)8-9/h2,4,6,8H,5H2,1H3. The molecule has 0 spiro atoms. The summed E-state index contributed by atoms with van der Waals surface area (Å²) in [5.74, 6) is 3.97. The third-order valence-corrected chi connectivity index (χ3v) is 1.56. The second-order valence-electron chi connectivity index (χ2n) is 2.60. The number of hydrogen-bond acceptors (Lipinski definition) is 2. The normalized spacial score (nSPS) is 8.71. The van der Waals surface area contributed by atoms with Crippen molar-refractivity contribution < 1.29 is 13.9 Å². The number of esters is 1. The Morgan fingerprint density at radius 1 is 1.57 bits per heavy atom. The molecule has 0 aliphatic carbocycles. The lowest BCUT2D eigenvalue weighted by Gasteiger charge is -1.93. The van der Waals surface area contributed by atoms with Crippen molar-refractivity contribution in [2.24, 2.45) is 0 Å². The van der Waals surface area contributed by atoms with Crippen LogP contribution >= 0.6 is 0 Å². The van der Waals surface area contributed by atoms with Gasteiger partial charge >= 0.3 is 5.97 Å². The van der Waals surface area contributed by atoms with Gasteiger partial charge in [-0.3, -0.25) is 0 Å². The average Bonchev–Trinajstić information content (AvgIpc) is 2.17. The molecule has 0 saturated heterocycles. The number of benzene rings is 1. The molecule has 0 radical (unpaired) electrons. The monoisotopic (exact) mass is 192 g/mol. The van der Waals surface area contributed by atoms with Gasteiger partial charge in [0.1, 0.15) is 5.82 Å². The highest BCUT2D eigenvalue weighted by atomic mass is 19.1. The lowest BCUT2D eigenvalue weighted by atomic mass is 10.1. The zero-order valence-corrected chi connectivity index (χ0v) is 7.71. The fraction of sp³-hybridized carbons (Fsp3) is 0.182. The van der Waals surface area contributed by atoms with Gasteiger partial charge in [-0.25, -0.2) is 9.18 Å². The molecule has 1 aromatic carbocycles. The van der Waals surface area contributed by atoms with Gasteiger partial charge in [0, 0.05) is 12.3 Å². The van der Waals surface area contributed by atoms with Crippen molar-refractivity contribution in [3.8, 4) is 11.8 Å². The van der Waals surface area contributed by atoms with Crippen LogP contribution in [0.1, 0.15) is 5.56 Å². The molecule has 0 aliphatic rings. The first kappa shape index (κ1) is 10.3. The molecule has 3 heteroatoms. The summed E-state index contributed by atoms with van der Waals surface area (Å²) in [6.07, 6.45) is 0.340. The molecular weight excluding hydrogens is 183 g/mol. The summed E-state index contributed by atoms with van der Waals surface area (Å²) in [7, 11) is 1.26. The summed E-state index contributed by atoms with van der Waals surface area (Å²) in [6, 6.07) is 6.09. The smallest absolute Gasteiger partial charge is 0.384 e. The molecule has 0 N–H and O–H groups in total. The number of hydrogen-bond donors (Lipinski definition) is 0. The summed E-state index contributed by atoms with van der Waals surface area (Å²) in [5, 5.41) is 0. The SMILES string of the molecule is COC(=O)C#CCc1cccc(F)c1. The van der Waals surface area contributed by atoms with Crippen LogP contribution in [0, 0.1) is 17.7 Å². The largest absolute Gasteiger partial charge is 0.459 e. The van der Waals surface area contributed by atoms with Gasteiger partial charge in [-0.1, -0.05) is 18.1 Å². The summed E-state index contributed by atoms with van der Waals surface area (Å²) in [5.41, 5.74) is 0.737. The summed E-state index contributed by atoms with van der Waals surface area (Å²) in [6.45, 7) is 0. The molecule has 0 heterocycles. The zero-order valence-electron chi connectivity index (χ0n) is 7.71. The average molecular weight is 192 g/mol. The van der Waals surface area contributed by atoms with Crippen molar-refractivity contribution in [3.63, 3.8) is 0 Å². The molecule has 0 fully saturated rings. The van der Waals surface area contributed by atoms with E-state index in [9.17, 15) is 9.18 Å². The first-order chi connectivity index (χ1) is 6.72. The van der Waals surface area contributed by atoms with Gasteiger partial charge in [-0.15, -0.1) is 0 Å². The molecule has 0 aromatic heterocycles. The Morgan fingerprint density at radius 3 is 3.00 bits per heavy atom. The van der Waals surface area contributed by atoms with Crippen molar-refractivity contribution in [3.05, 3.63) is 35.6 Å². The molecule has 1 rings (SSSR count). The number of rotatable bonds is 1. The van der Waals surface area contributed by atoms with Crippen LogP contribution in [-0.2, 0) is 16.0 Å². The van der Waals surface area contributed by atoms with Gasteiger partial charge in [-0.2, -0.15) is 0 Å². The van der Waals surface area contributed by atoms with Crippen LogP contribution < -0.4 is 0 Å². The second-order valence-corrected chi connectivity index (χ2v) is 2.60. The first-order valence-electron chi connectivity index (χ1n) is 4.03. The summed E-state index contributed by atoms with van der Waals surface area (Å²) < 4.78 is 17.0. The number of halogens is 1. The topological polar surface area (TPSA) is 26.3 Å². The van der Waals surface area contributed by atoms with Gasteiger partial charge in [-0.05, 0) is 17.7 Å². The van der Waals surface area contributed by atoms with Gasteiger partial charge in [0.25, 0.3) is 0 Å². The predicted octanol–water partition coefficient (Wildman–Crippen LogP) is 1.54. The molecule has 0 atom stereocenters. The maximum Gasteiger partial charge on any atom is 0.384 e. The van der Waals surface area contributed by atoms with Crippen LogP contribution in [0.15, 0.2) is 24.3 Å². The highest BCUT2D eigenvalue weighted by Gasteiger charge is 1.93. The van der Waals surface area contributed by atoms with Crippen molar-refractivity contribution >= 4 is 5.97 Å². The highest BCUT2D eigenvalue weighted by Crippen LogP contribution is 2.03. The molecule has 0 unspecified atom stereocenters. The fourth-order valence-corrected chi connectivity index (χ4v) is 0.916. The lowest BCUT2D eigenvalue weighted by molar-refractivity contribution is -0.133. The summed E-state index contributed by atoms with van der Waals surface area (Å²) in [4.78, 5) is 10.6. The van der Waals surface area contributed by atoms with E-state index in [1.54, 1.807) is 12.1 Å². The Bertz CT molecular complexity index is 388. The van der Waals surface area contributed by atoms with Crippen LogP contribution in [0.25, 0.3) is 0 Å². The molecule has 14 heavy (non-hydrogen) atoms. The van der Waals surface area contributed by atoms with Crippen LogP contribution in [0.2, 0.25) is 0 Å². The minimum Gasteiger partial charge on any atom is -0.459 e. The molecule has 72 valence electrons. The maximum absolute atomic E-state index is 12.7. The van der Waals surface area contributed by atoms with Crippen LogP contribution in [0.3, 0.4) is 0 Å². The van der Waals surface area contributed by atoms with Gasteiger partial charge in [0.05, 0.1) is 7.11 Å². The molecular formula is C11H9FO2. The number of carbonyl (C=O) groups is 1. The number of ether oxygens (including phenoxy) is 1. The predicted molar refractivity (Wildman–Crippen MR) is 49.9 cm³/mol. The Hall–Kier alpha value is -1.82. The fourth-order valence-electron chi connectivity index (χ4n) is 0.916. The Morgan fingerprint density at radius 2 is 2.36 bits per heavy atom. The quantitative estimate of drug-likeness (QED) is 0.383. The van der Waals surface area contributed by atoms with Crippen molar-refractivity contribution in [2.75, 3.05) is 7.11 Å². The van der Waals surface area contributed by atoms with E-state index in [0.29, 0.717) is 6.42 Å². The van der Waals surface area contributed by atoms with E-state index in [0.717, 1.165) is 5.56 Å². The number of methoxy groups -OCH3 is 1. The van der Waals surface area contributed by atoms with E-state index < -0.39 is 5.97 Å². The Labute approximate surface area is 81.7 Å². The third kappa shape index (κ3) is 3.28. The maximum atomic E-state index is 12.7. The van der Waals surface area contributed by atoms with E-state index in [1.807, 2.05) is 0 Å². The van der Waals surface area contributed by atoms with Gasteiger partial charge < -0.3 is 4.74 Å². The van der Waals surface area contributed by atoms with Gasteiger partial charge in [0.15, 0.2) is 0 Å². The van der Waals surface area contributed by atoms with Crippen LogP contribution in [0.5, 0.6) is 0 Å².